The monoisotopic (exact) mass is 278 g/mol. The zero-order valence-corrected chi connectivity index (χ0v) is 12.0. The van der Waals surface area contributed by atoms with E-state index in [9.17, 15) is 15.0 Å². The maximum absolute atomic E-state index is 12.3. The van der Waals surface area contributed by atoms with Crippen molar-refractivity contribution in [3.05, 3.63) is 23.8 Å². The molecule has 0 aromatic heterocycles. The molecule has 5 nitrogen and oxygen atoms in total. The summed E-state index contributed by atoms with van der Waals surface area (Å²) in [5.41, 5.74) is 0.276. The van der Waals surface area contributed by atoms with Gasteiger partial charge in [-0.15, -0.1) is 0 Å². The summed E-state index contributed by atoms with van der Waals surface area (Å²) in [7, 11) is 4.06. The molecule has 1 aliphatic rings. The van der Waals surface area contributed by atoms with Gasteiger partial charge in [-0.1, -0.05) is 0 Å². The van der Waals surface area contributed by atoms with Gasteiger partial charge < -0.3 is 15.1 Å². The molecular formula is C15H22N2O3. The Hall–Kier alpha value is -1.59. The van der Waals surface area contributed by atoms with Crippen LogP contribution < -0.4 is 0 Å². The molecule has 1 saturated heterocycles. The van der Waals surface area contributed by atoms with Crippen LogP contribution in [0.3, 0.4) is 0 Å². The number of hydrogen-bond acceptors (Lipinski definition) is 5. The SMILES string of the molecule is CN(C)CC1CCCN1CC(=O)c1ccc(O)cc1O. The van der Waals surface area contributed by atoms with Crippen LogP contribution in [0.4, 0.5) is 0 Å². The molecule has 110 valence electrons. The summed E-state index contributed by atoms with van der Waals surface area (Å²) in [6, 6.07) is 4.50. The number of hydrogen-bond donors (Lipinski definition) is 2. The number of phenols is 2. The summed E-state index contributed by atoms with van der Waals surface area (Å²) < 4.78 is 0. The molecule has 1 unspecified atom stereocenters. The van der Waals surface area contributed by atoms with Gasteiger partial charge in [0.15, 0.2) is 5.78 Å². The van der Waals surface area contributed by atoms with E-state index >= 15 is 0 Å². The van der Waals surface area contributed by atoms with Crippen molar-refractivity contribution in [3.63, 3.8) is 0 Å². The fourth-order valence-corrected chi connectivity index (χ4v) is 2.76. The third-order valence-electron chi connectivity index (χ3n) is 3.70. The zero-order valence-electron chi connectivity index (χ0n) is 12.0. The Morgan fingerprint density at radius 2 is 2.15 bits per heavy atom. The minimum Gasteiger partial charge on any atom is -0.508 e. The highest BCUT2D eigenvalue weighted by Crippen LogP contribution is 2.24. The molecule has 1 atom stereocenters. The average molecular weight is 278 g/mol. The van der Waals surface area contributed by atoms with Crippen molar-refractivity contribution in [2.24, 2.45) is 0 Å². The highest BCUT2D eigenvalue weighted by Gasteiger charge is 2.27. The number of carbonyl (C=O) groups is 1. The number of rotatable bonds is 5. The predicted molar refractivity (Wildman–Crippen MR) is 77.3 cm³/mol. The lowest BCUT2D eigenvalue weighted by atomic mass is 10.1. The summed E-state index contributed by atoms with van der Waals surface area (Å²) in [5.74, 6) is -0.294. The Morgan fingerprint density at radius 1 is 1.40 bits per heavy atom. The van der Waals surface area contributed by atoms with Gasteiger partial charge in [0.25, 0.3) is 0 Å². The van der Waals surface area contributed by atoms with Crippen LogP contribution in [0.25, 0.3) is 0 Å². The van der Waals surface area contributed by atoms with Crippen molar-refractivity contribution in [2.45, 2.75) is 18.9 Å². The molecule has 1 heterocycles. The lowest BCUT2D eigenvalue weighted by Crippen LogP contribution is -2.40. The van der Waals surface area contributed by atoms with Gasteiger partial charge in [0, 0.05) is 18.7 Å². The van der Waals surface area contributed by atoms with Crippen molar-refractivity contribution in [1.29, 1.82) is 0 Å². The van der Waals surface area contributed by atoms with Crippen LogP contribution in [0.15, 0.2) is 18.2 Å². The molecule has 0 spiro atoms. The topological polar surface area (TPSA) is 64.0 Å². The Balaban J connectivity index is 2.03. The summed E-state index contributed by atoms with van der Waals surface area (Å²) in [6.45, 7) is 2.18. The van der Waals surface area contributed by atoms with Crippen molar-refractivity contribution < 1.29 is 15.0 Å². The summed E-state index contributed by atoms with van der Waals surface area (Å²) in [5, 5.41) is 19.0. The van der Waals surface area contributed by atoms with E-state index in [1.54, 1.807) is 0 Å². The molecule has 2 N–H and O–H groups in total. The van der Waals surface area contributed by atoms with Gasteiger partial charge in [-0.2, -0.15) is 0 Å². The normalized spacial score (nSPS) is 19.6. The number of benzene rings is 1. The standard InChI is InChI=1S/C15H22N2O3/c1-16(2)9-11-4-3-7-17(11)10-15(20)13-6-5-12(18)8-14(13)19/h5-6,8,11,18-19H,3-4,7,9-10H2,1-2H3. The van der Waals surface area contributed by atoms with Gasteiger partial charge in [0.1, 0.15) is 11.5 Å². The maximum atomic E-state index is 12.3. The molecule has 0 amide bonds. The van der Waals surface area contributed by atoms with Crippen LogP contribution in [0.5, 0.6) is 11.5 Å². The van der Waals surface area contributed by atoms with Crippen LogP contribution in [0, 0.1) is 0 Å². The van der Waals surface area contributed by atoms with Crippen molar-refractivity contribution in [3.8, 4) is 11.5 Å². The van der Waals surface area contributed by atoms with Crippen LogP contribution in [0.2, 0.25) is 0 Å². The molecule has 1 aliphatic heterocycles. The van der Waals surface area contributed by atoms with Crippen molar-refractivity contribution in [2.75, 3.05) is 33.7 Å². The number of carbonyl (C=O) groups excluding carboxylic acids is 1. The van der Waals surface area contributed by atoms with Crippen molar-refractivity contribution in [1.82, 2.24) is 9.80 Å². The molecule has 0 aliphatic carbocycles. The second kappa shape index (κ2) is 6.24. The molecule has 0 saturated carbocycles. The zero-order chi connectivity index (χ0) is 14.7. The smallest absolute Gasteiger partial charge is 0.180 e. The molecule has 0 radical (unpaired) electrons. The summed E-state index contributed by atoms with van der Waals surface area (Å²) in [4.78, 5) is 16.6. The van der Waals surface area contributed by atoms with E-state index in [4.69, 9.17) is 0 Å². The Bertz CT molecular complexity index is 488. The highest BCUT2D eigenvalue weighted by molar-refractivity contribution is 6.00. The number of phenolic OH excluding ortho intramolecular Hbond substituents is 2. The molecular weight excluding hydrogens is 256 g/mol. The van der Waals surface area contributed by atoms with E-state index in [2.05, 4.69) is 9.80 Å². The third-order valence-corrected chi connectivity index (χ3v) is 3.70. The van der Waals surface area contributed by atoms with Crippen LogP contribution in [-0.4, -0.2) is 65.6 Å². The van der Waals surface area contributed by atoms with E-state index in [-0.39, 0.29) is 22.8 Å². The van der Waals surface area contributed by atoms with E-state index in [0.29, 0.717) is 12.6 Å². The first kappa shape index (κ1) is 14.8. The lowest BCUT2D eigenvalue weighted by Gasteiger charge is -2.26. The van der Waals surface area contributed by atoms with E-state index in [1.807, 2.05) is 14.1 Å². The van der Waals surface area contributed by atoms with Crippen LogP contribution in [-0.2, 0) is 0 Å². The molecule has 1 aromatic rings. The minimum absolute atomic E-state index is 0.0364. The van der Waals surface area contributed by atoms with E-state index < -0.39 is 0 Å². The first-order valence-corrected chi connectivity index (χ1v) is 6.91. The third kappa shape index (κ3) is 3.49. The fraction of sp³-hybridized carbons (Fsp3) is 0.533. The van der Waals surface area contributed by atoms with Gasteiger partial charge >= 0.3 is 0 Å². The number of ketones is 1. The Labute approximate surface area is 119 Å². The van der Waals surface area contributed by atoms with Gasteiger partial charge in [0.05, 0.1) is 12.1 Å². The molecule has 5 heteroatoms. The first-order valence-electron chi connectivity index (χ1n) is 6.91. The first-order chi connectivity index (χ1) is 9.47. The van der Waals surface area contributed by atoms with Crippen molar-refractivity contribution >= 4 is 5.78 Å². The molecule has 2 rings (SSSR count). The van der Waals surface area contributed by atoms with E-state index in [1.165, 1.54) is 18.2 Å². The summed E-state index contributed by atoms with van der Waals surface area (Å²) in [6.07, 6.45) is 2.21. The Morgan fingerprint density at radius 3 is 2.80 bits per heavy atom. The van der Waals surface area contributed by atoms with E-state index in [0.717, 1.165) is 25.9 Å². The second-order valence-electron chi connectivity index (χ2n) is 5.65. The Kier molecular flexibility index (Phi) is 4.62. The molecule has 20 heavy (non-hydrogen) atoms. The minimum atomic E-state index is -0.154. The quantitative estimate of drug-likeness (QED) is 0.795. The lowest BCUT2D eigenvalue weighted by molar-refractivity contribution is 0.0907. The predicted octanol–water partition coefficient (Wildman–Crippen LogP) is 1.31. The number of Topliss-reactive ketones (excluding diaryl/α,β-unsaturated/α-hetero) is 1. The average Bonchev–Trinajstić information content (AvgIpc) is 2.75. The second-order valence-corrected chi connectivity index (χ2v) is 5.65. The number of likely N-dealkylation sites (N-methyl/N-ethyl adjacent to an activating group) is 1. The molecule has 0 bridgehead atoms. The van der Waals surface area contributed by atoms with Crippen LogP contribution >= 0.6 is 0 Å². The highest BCUT2D eigenvalue weighted by atomic mass is 16.3. The number of likely N-dealkylation sites (tertiary alicyclic amines) is 1. The summed E-state index contributed by atoms with van der Waals surface area (Å²) >= 11 is 0. The van der Waals surface area contributed by atoms with Gasteiger partial charge in [-0.05, 0) is 45.6 Å². The fourth-order valence-electron chi connectivity index (χ4n) is 2.76. The number of nitrogens with zero attached hydrogens (tertiary/aromatic N) is 2. The largest absolute Gasteiger partial charge is 0.508 e. The van der Waals surface area contributed by atoms with Gasteiger partial charge in [0.2, 0.25) is 0 Å². The van der Waals surface area contributed by atoms with Crippen LogP contribution in [0.1, 0.15) is 23.2 Å². The van der Waals surface area contributed by atoms with Gasteiger partial charge in [-0.3, -0.25) is 9.69 Å². The molecule has 1 fully saturated rings. The number of aromatic hydroxyl groups is 2. The van der Waals surface area contributed by atoms with Gasteiger partial charge in [-0.25, -0.2) is 0 Å². The maximum Gasteiger partial charge on any atom is 0.180 e. The molecule has 1 aromatic carbocycles.